The van der Waals surface area contributed by atoms with Gasteiger partial charge in [-0.15, -0.1) is 0 Å². The van der Waals surface area contributed by atoms with Crippen molar-refractivity contribution in [1.82, 2.24) is 14.5 Å². The van der Waals surface area contributed by atoms with Crippen molar-refractivity contribution < 1.29 is 32.6 Å². The molecule has 1 aromatic rings. The Bertz CT molecular complexity index is 946. The first kappa shape index (κ1) is 27.2. The highest BCUT2D eigenvalue weighted by Gasteiger charge is 2.33. The number of hydrogen-bond donors (Lipinski definition) is 2. The maximum Gasteiger partial charge on any atom is 0.410 e. The van der Waals surface area contributed by atoms with E-state index in [9.17, 15) is 23.1 Å². The van der Waals surface area contributed by atoms with Gasteiger partial charge in [-0.05, 0) is 69.4 Å². The lowest BCUT2D eigenvalue weighted by Crippen LogP contribution is -2.43. The van der Waals surface area contributed by atoms with E-state index in [1.54, 1.807) is 29.2 Å². The second-order valence-electron chi connectivity index (χ2n) is 9.50. The maximum absolute atomic E-state index is 12.2. The van der Waals surface area contributed by atoms with Gasteiger partial charge in [-0.2, -0.15) is 0 Å². The number of carboxylic acid groups (broad SMARTS) is 1. The number of rotatable bonds is 13. The largest absolute Gasteiger partial charge is 0.490 e. The molecule has 2 atom stereocenters. The lowest BCUT2D eigenvalue weighted by Gasteiger charge is -2.30. The predicted octanol–water partition coefficient (Wildman–Crippen LogP) is 1.94. The Kier molecular flexibility index (Phi) is 9.76. The number of amides is 1. The Labute approximate surface area is 207 Å². The van der Waals surface area contributed by atoms with Gasteiger partial charge in [0, 0.05) is 6.54 Å². The SMILES string of the molecule is CCCCS(=O)(=O)NC(Cc1ccc(OCC2CN(CC3CCN(C)CC3)C(=O)O2)cc1)C(=O)O. The molecule has 0 aromatic heterocycles. The Morgan fingerprint density at radius 2 is 1.94 bits per heavy atom. The molecule has 0 bridgehead atoms. The van der Waals surface area contributed by atoms with Crippen molar-refractivity contribution in [3.8, 4) is 5.75 Å². The average molecular weight is 512 g/mol. The average Bonchev–Trinajstić information content (AvgIpc) is 3.17. The van der Waals surface area contributed by atoms with E-state index < -0.39 is 22.0 Å². The minimum Gasteiger partial charge on any atom is -0.490 e. The molecule has 3 rings (SSSR count). The van der Waals surface area contributed by atoms with Crippen LogP contribution in [-0.4, -0.2) is 93.1 Å². The van der Waals surface area contributed by atoms with Gasteiger partial charge in [0.05, 0.1) is 12.3 Å². The zero-order chi connectivity index (χ0) is 25.4. The van der Waals surface area contributed by atoms with Crippen LogP contribution in [0.4, 0.5) is 4.79 Å². The fraction of sp³-hybridized carbons (Fsp3) is 0.667. The van der Waals surface area contributed by atoms with Crippen LogP contribution < -0.4 is 9.46 Å². The number of benzene rings is 1. The molecule has 0 saturated carbocycles. The van der Waals surface area contributed by atoms with Crippen LogP contribution in [-0.2, 0) is 26.0 Å². The summed E-state index contributed by atoms with van der Waals surface area (Å²) in [5, 5.41) is 9.44. The Morgan fingerprint density at radius 3 is 2.57 bits per heavy atom. The van der Waals surface area contributed by atoms with Gasteiger partial charge in [0.25, 0.3) is 0 Å². The second-order valence-corrected chi connectivity index (χ2v) is 11.4. The molecule has 35 heavy (non-hydrogen) atoms. The number of carbonyl (C=O) groups is 2. The summed E-state index contributed by atoms with van der Waals surface area (Å²) in [5.74, 6) is -0.259. The highest BCUT2D eigenvalue weighted by Crippen LogP contribution is 2.22. The van der Waals surface area contributed by atoms with Gasteiger partial charge in [0.15, 0.2) is 6.10 Å². The molecule has 2 aliphatic heterocycles. The smallest absolute Gasteiger partial charge is 0.410 e. The highest BCUT2D eigenvalue weighted by atomic mass is 32.2. The molecule has 1 amide bonds. The molecule has 1 aromatic carbocycles. The molecule has 2 heterocycles. The number of cyclic esters (lactones) is 1. The van der Waals surface area contributed by atoms with Gasteiger partial charge in [-0.1, -0.05) is 25.5 Å². The van der Waals surface area contributed by atoms with E-state index in [-0.39, 0.29) is 31.0 Å². The monoisotopic (exact) mass is 511 g/mol. The van der Waals surface area contributed by atoms with Crippen molar-refractivity contribution in [3.63, 3.8) is 0 Å². The van der Waals surface area contributed by atoms with E-state index in [2.05, 4.69) is 16.7 Å². The van der Waals surface area contributed by atoms with Crippen molar-refractivity contribution in [2.75, 3.05) is 45.6 Å². The van der Waals surface area contributed by atoms with Gasteiger partial charge in [-0.25, -0.2) is 17.9 Å². The Balaban J connectivity index is 1.46. The summed E-state index contributed by atoms with van der Waals surface area (Å²) in [6, 6.07) is 5.58. The third-order valence-corrected chi connectivity index (χ3v) is 7.92. The molecule has 0 aliphatic carbocycles. The molecule has 0 radical (unpaired) electrons. The molecule has 2 aliphatic rings. The molecule has 2 N–H and O–H groups in total. The molecule has 10 nitrogen and oxygen atoms in total. The quantitative estimate of drug-likeness (QED) is 0.412. The summed E-state index contributed by atoms with van der Waals surface area (Å²) >= 11 is 0. The molecular formula is C24H37N3O7S. The van der Waals surface area contributed by atoms with Gasteiger partial charge < -0.3 is 24.4 Å². The molecule has 2 saturated heterocycles. The summed E-state index contributed by atoms with van der Waals surface area (Å²) in [6.07, 6.45) is 2.72. The zero-order valence-electron chi connectivity index (χ0n) is 20.5. The lowest BCUT2D eigenvalue weighted by atomic mass is 9.96. The summed E-state index contributed by atoms with van der Waals surface area (Å²) in [4.78, 5) is 27.9. The molecule has 2 unspecified atom stereocenters. The van der Waals surface area contributed by atoms with Crippen LogP contribution in [0, 0.1) is 5.92 Å². The number of sulfonamides is 1. The number of likely N-dealkylation sites (tertiary alicyclic amines) is 1. The normalized spacial score (nSPS) is 20.6. The minimum absolute atomic E-state index is 0.0210. The number of carbonyl (C=O) groups excluding carboxylic acids is 1. The van der Waals surface area contributed by atoms with Crippen LogP contribution in [0.15, 0.2) is 24.3 Å². The van der Waals surface area contributed by atoms with Crippen molar-refractivity contribution in [2.24, 2.45) is 5.92 Å². The zero-order valence-corrected chi connectivity index (χ0v) is 21.3. The van der Waals surface area contributed by atoms with Gasteiger partial charge >= 0.3 is 12.1 Å². The predicted molar refractivity (Wildman–Crippen MR) is 131 cm³/mol. The van der Waals surface area contributed by atoms with E-state index in [0.717, 1.165) is 25.9 Å². The van der Waals surface area contributed by atoms with Crippen LogP contribution >= 0.6 is 0 Å². The first-order chi connectivity index (χ1) is 16.6. The van der Waals surface area contributed by atoms with E-state index >= 15 is 0 Å². The van der Waals surface area contributed by atoms with Crippen LogP contribution in [0.5, 0.6) is 5.75 Å². The van der Waals surface area contributed by atoms with E-state index in [4.69, 9.17) is 9.47 Å². The topological polar surface area (TPSA) is 125 Å². The van der Waals surface area contributed by atoms with Crippen LogP contribution in [0.2, 0.25) is 0 Å². The molecular weight excluding hydrogens is 474 g/mol. The summed E-state index contributed by atoms with van der Waals surface area (Å²) in [7, 11) is -1.55. The fourth-order valence-electron chi connectivity index (χ4n) is 4.30. The van der Waals surface area contributed by atoms with E-state index in [0.29, 0.717) is 43.2 Å². The second kappa shape index (κ2) is 12.5. The van der Waals surface area contributed by atoms with Crippen LogP contribution in [0.1, 0.15) is 38.2 Å². The number of hydrogen-bond acceptors (Lipinski definition) is 7. The summed E-state index contributed by atoms with van der Waals surface area (Å²) in [5.41, 5.74) is 0.666. The van der Waals surface area contributed by atoms with Crippen LogP contribution in [0.3, 0.4) is 0 Å². The first-order valence-electron chi connectivity index (χ1n) is 12.2. The maximum atomic E-state index is 12.2. The third kappa shape index (κ3) is 8.66. The molecule has 11 heteroatoms. The van der Waals surface area contributed by atoms with Gasteiger partial charge in [-0.3, -0.25) is 4.79 Å². The van der Waals surface area contributed by atoms with Crippen molar-refractivity contribution in [3.05, 3.63) is 29.8 Å². The number of nitrogens with one attached hydrogen (secondary N) is 1. The van der Waals surface area contributed by atoms with E-state index in [1.807, 2.05) is 6.92 Å². The van der Waals surface area contributed by atoms with Gasteiger partial charge in [0.2, 0.25) is 10.0 Å². The number of aliphatic carboxylic acids is 1. The number of carboxylic acids is 1. The number of nitrogens with zero attached hydrogens (tertiary/aromatic N) is 2. The minimum atomic E-state index is -3.66. The number of unbranched alkanes of at least 4 members (excludes halogenated alkanes) is 1. The Morgan fingerprint density at radius 1 is 1.26 bits per heavy atom. The van der Waals surface area contributed by atoms with Crippen molar-refractivity contribution >= 4 is 22.1 Å². The first-order valence-corrected chi connectivity index (χ1v) is 13.9. The molecule has 2 fully saturated rings. The van der Waals surface area contributed by atoms with Crippen molar-refractivity contribution in [1.29, 1.82) is 0 Å². The fourth-order valence-corrected chi connectivity index (χ4v) is 5.71. The third-order valence-electron chi connectivity index (χ3n) is 6.45. The Hall–Kier alpha value is -2.37. The number of piperidine rings is 1. The molecule has 0 spiro atoms. The van der Waals surface area contributed by atoms with Crippen molar-refractivity contribution in [2.45, 2.75) is 51.2 Å². The standard InChI is InChI=1S/C24H37N3O7S/c1-3-4-13-35(31,32)25-22(23(28)29)14-18-5-7-20(8-6-18)33-17-21-16-27(24(30)34-21)15-19-9-11-26(2)12-10-19/h5-8,19,21-22,25H,3-4,9-17H2,1-2H3,(H,28,29). The summed E-state index contributed by atoms with van der Waals surface area (Å²) in [6.45, 7) is 5.41. The lowest BCUT2D eigenvalue weighted by molar-refractivity contribution is -0.138. The summed E-state index contributed by atoms with van der Waals surface area (Å²) < 4.78 is 37.7. The molecule has 196 valence electrons. The number of ether oxygens (including phenoxy) is 2. The van der Waals surface area contributed by atoms with Crippen LogP contribution in [0.25, 0.3) is 0 Å². The highest BCUT2D eigenvalue weighted by molar-refractivity contribution is 7.89. The van der Waals surface area contributed by atoms with Gasteiger partial charge in [0.1, 0.15) is 18.4 Å². The van der Waals surface area contributed by atoms with E-state index in [1.165, 1.54) is 0 Å².